The van der Waals surface area contributed by atoms with Crippen LogP contribution < -0.4 is 4.74 Å². The number of halogens is 2. The summed E-state index contributed by atoms with van der Waals surface area (Å²) in [5, 5.41) is 0. The van der Waals surface area contributed by atoms with E-state index in [1.54, 1.807) is 12.1 Å². The van der Waals surface area contributed by atoms with Gasteiger partial charge in [-0.25, -0.2) is 0 Å². The summed E-state index contributed by atoms with van der Waals surface area (Å²) in [7, 11) is 0. The van der Waals surface area contributed by atoms with E-state index in [1.165, 1.54) is 0 Å². The van der Waals surface area contributed by atoms with E-state index in [-0.39, 0.29) is 0 Å². The van der Waals surface area contributed by atoms with Crippen molar-refractivity contribution in [2.75, 3.05) is 0 Å². The molecule has 14 heavy (non-hydrogen) atoms. The van der Waals surface area contributed by atoms with Crippen LogP contribution in [0.3, 0.4) is 0 Å². The third-order valence-corrected chi connectivity index (χ3v) is 1.95. The Bertz CT molecular complexity index is 297. The quantitative estimate of drug-likeness (QED) is 0.722. The summed E-state index contributed by atoms with van der Waals surface area (Å²) in [6.45, 7) is 1.20. The van der Waals surface area contributed by atoms with Crippen LogP contribution in [-0.4, -0.2) is 6.61 Å². The van der Waals surface area contributed by atoms with Crippen LogP contribution in [0, 0.1) is 6.92 Å². The molecule has 1 rings (SSSR count). The van der Waals surface area contributed by atoms with Gasteiger partial charge in [-0.3, -0.25) is 0 Å². The smallest absolute Gasteiger partial charge is 0.387 e. The van der Waals surface area contributed by atoms with E-state index < -0.39 is 6.61 Å². The number of hydrogen-bond acceptors (Lipinski definition) is 1. The van der Waals surface area contributed by atoms with Gasteiger partial charge < -0.3 is 4.74 Å². The van der Waals surface area contributed by atoms with Gasteiger partial charge in [-0.2, -0.15) is 8.78 Å². The van der Waals surface area contributed by atoms with Crippen molar-refractivity contribution in [3.05, 3.63) is 29.3 Å². The molecule has 0 amide bonds. The zero-order valence-corrected chi connectivity index (χ0v) is 8.39. The van der Waals surface area contributed by atoms with Gasteiger partial charge in [0.05, 0.1) is 0 Å². The second kappa shape index (κ2) is 4.94. The Kier molecular flexibility index (Phi) is 3.86. The third kappa shape index (κ3) is 2.98. The lowest BCUT2D eigenvalue weighted by Gasteiger charge is -2.10. The topological polar surface area (TPSA) is 9.23 Å². The highest BCUT2D eigenvalue weighted by Gasteiger charge is 2.08. The maximum absolute atomic E-state index is 12.0. The normalized spacial score (nSPS) is 10.6. The van der Waals surface area contributed by atoms with E-state index in [0.717, 1.165) is 24.0 Å². The molecule has 0 heterocycles. The fourth-order valence-electron chi connectivity index (χ4n) is 1.38. The molecule has 0 spiro atoms. The number of alkyl halides is 2. The molecule has 0 radical (unpaired) electrons. The minimum Gasteiger partial charge on any atom is -0.435 e. The van der Waals surface area contributed by atoms with Crippen molar-refractivity contribution < 1.29 is 13.5 Å². The molecule has 0 bridgehead atoms. The van der Waals surface area contributed by atoms with Crippen molar-refractivity contribution in [2.24, 2.45) is 0 Å². The van der Waals surface area contributed by atoms with Crippen LogP contribution in [0.2, 0.25) is 0 Å². The van der Waals surface area contributed by atoms with Crippen molar-refractivity contribution in [2.45, 2.75) is 33.3 Å². The Balaban J connectivity index is 2.89. The molecule has 0 aliphatic heterocycles. The molecular weight excluding hydrogens is 186 g/mol. The van der Waals surface area contributed by atoms with Gasteiger partial charge in [0.2, 0.25) is 0 Å². The molecule has 0 aromatic heterocycles. The van der Waals surface area contributed by atoms with Gasteiger partial charge in [0.1, 0.15) is 5.75 Å². The molecule has 0 atom stereocenters. The van der Waals surface area contributed by atoms with Gasteiger partial charge in [-0.1, -0.05) is 31.0 Å². The predicted octanol–water partition coefficient (Wildman–Crippen LogP) is 3.55. The number of rotatable bonds is 4. The van der Waals surface area contributed by atoms with Crippen LogP contribution >= 0.6 is 0 Å². The summed E-state index contributed by atoms with van der Waals surface area (Å²) < 4.78 is 28.5. The summed E-state index contributed by atoms with van der Waals surface area (Å²) in [6, 6.07) is 5.27. The maximum atomic E-state index is 12.0. The molecule has 3 heteroatoms. The lowest BCUT2D eigenvalue weighted by atomic mass is 10.1. The molecule has 0 aliphatic rings. The van der Waals surface area contributed by atoms with Gasteiger partial charge in [0.25, 0.3) is 0 Å². The molecule has 0 saturated heterocycles. The summed E-state index contributed by atoms with van der Waals surface area (Å²) >= 11 is 0. The molecule has 0 unspecified atom stereocenters. The van der Waals surface area contributed by atoms with Crippen molar-refractivity contribution in [1.29, 1.82) is 0 Å². The van der Waals surface area contributed by atoms with E-state index in [9.17, 15) is 8.78 Å². The molecule has 1 aromatic carbocycles. The highest BCUT2D eigenvalue weighted by Crippen LogP contribution is 2.23. The van der Waals surface area contributed by atoms with E-state index in [1.807, 2.05) is 19.9 Å². The van der Waals surface area contributed by atoms with Gasteiger partial charge in [-0.15, -0.1) is 0 Å². The second-order valence-electron chi connectivity index (χ2n) is 3.24. The summed E-state index contributed by atoms with van der Waals surface area (Å²) in [5.74, 6) is 0.299. The Hall–Kier alpha value is -1.12. The largest absolute Gasteiger partial charge is 0.435 e. The first-order valence-electron chi connectivity index (χ1n) is 4.67. The monoisotopic (exact) mass is 200 g/mol. The number of aryl methyl sites for hydroxylation is 2. The van der Waals surface area contributed by atoms with Crippen LogP contribution in [-0.2, 0) is 6.42 Å². The van der Waals surface area contributed by atoms with E-state index in [4.69, 9.17) is 0 Å². The van der Waals surface area contributed by atoms with E-state index in [2.05, 4.69) is 4.74 Å². The molecule has 0 aliphatic carbocycles. The fourth-order valence-corrected chi connectivity index (χ4v) is 1.38. The number of ether oxygens (including phenoxy) is 1. The first-order chi connectivity index (χ1) is 6.63. The average Bonchev–Trinajstić information content (AvgIpc) is 2.09. The highest BCUT2D eigenvalue weighted by molar-refractivity contribution is 5.36. The lowest BCUT2D eigenvalue weighted by molar-refractivity contribution is -0.0504. The van der Waals surface area contributed by atoms with Crippen LogP contribution in [0.4, 0.5) is 8.78 Å². The van der Waals surface area contributed by atoms with Crippen LogP contribution in [0.5, 0.6) is 5.75 Å². The van der Waals surface area contributed by atoms with Crippen molar-refractivity contribution in [1.82, 2.24) is 0 Å². The number of hydrogen-bond donors (Lipinski definition) is 0. The summed E-state index contributed by atoms with van der Waals surface area (Å²) in [5.41, 5.74) is 1.92. The highest BCUT2D eigenvalue weighted by atomic mass is 19.3. The van der Waals surface area contributed by atoms with Gasteiger partial charge >= 0.3 is 6.61 Å². The molecule has 1 nitrogen and oxygen atoms in total. The molecule has 0 N–H and O–H groups in total. The van der Waals surface area contributed by atoms with E-state index >= 15 is 0 Å². The first-order valence-corrected chi connectivity index (χ1v) is 4.67. The average molecular weight is 200 g/mol. The van der Waals surface area contributed by atoms with Crippen LogP contribution in [0.1, 0.15) is 24.5 Å². The SMILES string of the molecule is CCCc1cc(C)ccc1OC(F)F. The molecular formula is C11H14F2O. The maximum Gasteiger partial charge on any atom is 0.387 e. The zero-order valence-electron chi connectivity index (χ0n) is 8.39. The van der Waals surface area contributed by atoms with Gasteiger partial charge in [0.15, 0.2) is 0 Å². The first kappa shape index (κ1) is 11.0. The Morgan fingerprint density at radius 1 is 1.36 bits per heavy atom. The van der Waals surface area contributed by atoms with Crippen molar-refractivity contribution in [3.63, 3.8) is 0 Å². The lowest BCUT2D eigenvalue weighted by Crippen LogP contribution is -2.04. The van der Waals surface area contributed by atoms with E-state index in [0.29, 0.717) is 5.75 Å². The van der Waals surface area contributed by atoms with Crippen molar-refractivity contribution >= 4 is 0 Å². The minimum absolute atomic E-state index is 0.299. The Labute approximate surface area is 82.7 Å². The molecule has 1 aromatic rings. The van der Waals surface area contributed by atoms with Crippen LogP contribution in [0.25, 0.3) is 0 Å². The minimum atomic E-state index is -2.74. The van der Waals surface area contributed by atoms with Gasteiger partial charge in [0, 0.05) is 0 Å². The standard InChI is InChI=1S/C11H14F2O/c1-3-4-9-7-8(2)5-6-10(9)14-11(12)13/h5-7,11H,3-4H2,1-2H3. The third-order valence-electron chi connectivity index (χ3n) is 1.95. The summed E-state index contributed by atoms with van der Waals surface area (Å²) in [4.78, 5) is 0. The zero-order chi connectivity index (χ0) is 10.6. The van der Waals surface area contributed by atoms with Crippen LogP contribution in [0.15, 0.2) is 18.2 Å². The Morgan fingerprint density at radius 3 is 2.64 bits per heavy atom. The van der Waals surface area contributed by atoms with Crippen molar-refractivity contribution in [3.8, 4) is 5.75 Å². The fraction of sp³-hybridized carbons (Fsp3) is 0.455. The van der Waals surface area contributed by atoms with Gasteiger partial charge in [-0.05, 0) is 25.0 Å². The second-order valence-corrected chi connectivity index (χ2v) is 3.24. The Morgan fingerprint density at radius 2 is 2.07 bits per heavy atom. The molecule has 78 valence electrons. The predicted molar refractivity (Wildman–Crippen MR) is 51.8 cm³/mol. The summed E-state index contributed by atoms with van der Waals surface area (Å²) in [6.07, 6.45) is 1.69. The number of benzene rings is 1. The molecule has 0 fully saturated rings. The molecule has 0 saturated carbocycles.